The summed E-state index contributed by atoms with van der Waals surface area (Å²) in [6.45, 7) is -2.85. The molecule has 0 aliphatic rings. The van der Waals surface area contributed by atoms with Gasteiger partial charge >= 0.3 is 6.61 Å². The smallest absolute Gasteiger partial charge is 0.387 e. The van der Waals surface area contributed by atoms with E-state index in [1.165, 1.54) is 30.3 Å². The number of anilines is 1. The predicted octanol–water partition coefficient (Wildman–Crippen LogP) is 4.63. The number of ether oxygens (including phenoxy) is 1. The fourth-order valence-corrected chi connectivity index (χ4v) is 4.28. The third kappa shape index (κ3) is 8.36. The molecule has 35 heavy (non-hydrogen) atoms. The van der Waals surface area contributed by atoms with Gasteiger partial charge in [0.25, 0.3) is 0 Å². The van der Waals surface area contributed by atoms with Gasteiger partial charge in [-0.3, -0.25) is 4.72 Å². The first-order valence-electron chi connectivity index (χ1n) is 10.5. The zero-order valence-corrected chi connectivity index (χ0v) is 20.2. The van der Waals surface area contributed by atoms with E-state index in [1.807, 2.05) is 18.2 Å². The summed E-state index contributed by atoms with van der Waals surface area (Å²) in [5.41, 5.74) is 2.02. The van der Waals surface area contributed by atoms with Crippen LogP contribution in [0.5, 0.6) is 11.5 Å². The largest absolute Gasteiger partial charge is 0.506 e. The molecule has 0 fully saturated rings. The lowest BCUT2D eigenvalue weighted by Gasteiger charge is -2.22. The van der Waals surface area contributed by atoms with Crippen LogP contribution in [0.15, 0.2) is 66.7 Å². The molecule has 0 spiro atoms. The quantitative estimate of drug-likeness (QED) is 0.271. The monoisotopic (exact) mass is 526 g/mol. The van der Waals surface area contributed by atoms with Crippen LogP contribution in [-0.4, -0.2) is 38.0 Å². The molecule has 0 heterocycles. The summed E-state index contributed by atoms with van der Waals surface area (Å²) >= 11 is 6.11. The Morgan fingerprint density at radius 1 is 1.03 bits per heavy atom. The third-order valence-corrected chi connectivity index (χ3v) is 5.92. The molecule has 3 aromatic carbocycles. The van der Waals surface area contributed by atoms with Crippen LogP contribution < -0.4 is 14.8 Å². The van der Waals surface area contributed by atoms with Crippen LogP contribution in [0.3, 0.4) is 0 Å². The van der Waals surface area contributed by atoms with Gasteiger partial charge in [0.15, 0.2) is 0 Å². The van der Waals surface area contributed by atoms with E-state index in [9.17, 15) is 27.4 Å². The molecule has 0 aliphatic heterocycles. The van der Waals surface area contributed by atoms with E-state index in [2.05, 4.69) is 14.8 Å². The maximum atomic E-state index is 12.5. The summed E-state index contributed by atoms with van der Waals surface area (Å²) < 4.78 is 54.7. The molecular weight excluding hydrogens is 502 g/mol. The Hall–Kier alpha value is -2.92. The summed E-state index contributed by atoms with van der Waals surface area (Å²) in [5.74, 6) is -0.246. The van der Waals surface area contributed by atoms with Crippen molar-refractivity contribution in [2.45, 2.75) is 25.2 Å². The minimum Gasteiger partial charge on any atom is -0.506 e. The van der Waals surface area contributed by atoms with Crippen molar-refractivity contribution in [3.05, 3.63) is 88.4 Å². The normalized spacial score (nSPS) is 13.4. The van der Waals surface area contributed by atoms with Crippen LogP contribution in [-0.2, 0) is 16.4 Å². The molecule has 188 valence electrons. The Morgan fingerprint density at radius 2 is 1.71 bits per heavy atom. The highest BCUT2D eigenvalue weighted by atomic mass is 35.5. The van der Waals surface area contributed by atoms with Gasteiger partial charge in [-0.05, 0) is 59.5 Å². The van der Waals surface area contributed by atoms with E-state index in [0.717, 1.165) is 17.4 Å². The molecule has 0 saturated heterocycles. The highest BCUT2D eigenvalue weighted by Gasteiger charge is 2.18. The van der Waals surface area contributed by atoms with Gasteiger partial charge in [-0.15, -0.1) is 0 Å². The number of hydrogen-bond donors (Lipinski definition) is 4. The lowest BCUT2D eigenvalue weighted by Crippen LogP contribution is -2.28. The van der Waals surface area contributed by atoms with Crippen LogP contribution in [0, 0.1) is 0 Å². The standard InChI is InChI=1S/C24H25ClF2N2O5S/c1-35(32,33)29-21-13-17(7-10-22(21)30)23(31)14-28-20(12-15-3-2-4-18(25)11-15)16-5-8-19(9-6-16)34-24(26)27/h2-11,13,20,23-24,28-31H,12,14H2,1H3/t20-,23+/m1/s1. The average molecular weight is 527 g/mol. The Balaban J connectivity index is 1.79. The molecule has 0 aliphatic carbocycles. The number of aliphatic hydroxyl groups is 1. The Bertz CT molecular complexity index is 1240. The number of alkyl halides is 2. The van der Waals surface area contributed by atoms with Crippen LogP contribution in [0.25, 0.3) is 0 Å². The Kier molecular flexibility index (Phi) is 8.90. The molecule has 7 nitrogen and oxygen atoms in total. The van der Waals surface area contributed by atoms with Crippen LogP contribution in [0.1, 0.15) is 28.8 Å². The van der Waals surface area contributed by atoms with Gasteiger partial charge in [0.2, 0.25) is 10.0 Å². The lowest BCUT2D eigenvalue weighted by atomic mass is 9.98. The van der Waals surface area contributed by atoms with Gasteiger partial charge < -0.3 is 20.3 Å². The predicted molar refractivity (Wildman–Crippen MR) is 131 cm³/mol. The zero-order valence-electron chi connectivity index (χ0n) is 18.7. The molecule has 11 heteroatoms. The first-order valence-corrected chi connectivity index (χ1v) is 12.8. The topological polar surface area (TPSA) is 108 Å². The number of aliphatic hydroxyl groups excluding tert-OH is 1. The van der Waals surface area contributed by atoms with Crippen LogP contribution >= 0.6 is 11.6 Å². The van der Waals surface area contributed by atoms with E-state index in [1.54, 1.807) is 18.2 Å². The molecule has 4 N–H and O–H groups in total. The molecule has 2 atom stereocenters. The molecule has 3 aromatic rings. The summed E-state index contributed by atoms with van der Waals surface area (Å²) in [6, 6.07) is 17.3. The number of hydrogen-bond acceptors (Lipinski definition) is 6. The first-order chi connectivity index (χ1) is 16.5. The molecule has 0 aromatic heterocycles. The maximum Gasteiger partial charge on any atom is 0.387 e. The number of rotatable bonds is 11. The molecule has 0 radical (unpaired) electrons. The number of phenolic OH excluding ortho intramolecular Hbond substituents is 1. The van der Waals surface area contributed by atoms with Crippen molar-refractivity contribution in [1.29, 1.82) is 0 Å². The van der Waals surface area contributed by atoms with Crippen LogP contribution in [0.4, 0.5) is 14.5 Å². The second kappa shape index (κ2) is 11.7. The molecule has 0 bridgehead atoms. The van der Waals surface area contributed by atoms with E-state index >= 15 is 0 Å². The van der Waals surface area contributed by atoms with Crippen molar-refractivity contribution in [2.75, 3.05) is 17.5 Å². The van der Waals surface area contributed by atoms with E-state index in [4.69, 9.17) is 11.6 Å². The number of sulfonamides is 1. The van der Waals surface area contributed by atoms with Gasteiger partial charge in [0.1, 0.15) is 11.5 Å². The summed E-state index contributed by atoms with van der Waals surface area (Å²) in [4.78, 5) is 0. The summed E-state index contributed by atoms with van der Waals surface area (Å²) in [6.07, 6.45) is 0.396. The Labute approximate surface area is 207 Å². The molecule has 0 saturated carbocycles. The average Bonchev–Trinajstić information content (AvgIpc) is 2.77. The molecule has 0 amide bonds. The van der Waals surface area contributed by atoms with Crippen molar-refractivity contribution in [2.24, 2.45) is 0 Å². The Morgan fingerprint density at radius 3 is 2.34 bits per heavy atom. The van der Waals surface area contributed by atoms with Crippen LogP contribution in [0.2, 0.25) is 5.02 Å². The fourth-order valence-electron chi connectivity index (χ4n) is 3.50. The summed E-state index contributed by atoms with van der Waals surface area (Å²) in [7, 11) is -3.63. The van der Waals surface area contributed by atoms with E-state index in [-0.39, 0.29) is 29.8 Å². The minimum absolute atomic E-state index is 0.0280. The van der Waals surface area contributed by atoms with Crippen molar-refractivity contribution >= 4 is 27.3 Å². The highest BCUT2D eigenvalue weighted by Crippen LogP contribution is 2.29. The van der Waals surface area contributed by atoms with Crippen molar-refractivity contribution in [3.8, 4) is 11.5 Å². The first kappa shape index (κ1) is 26.7. The van der Waals surface area contributed by atoms with Gasteiger partial charge in [0, 0.05) is 17.6 Å². The fraction of sp³-hybridized carbons (Fsp3) is 0.250. The van der Waals surface area contributed by atoms with Crippen molar-refractivity contribution in [3.63, 3.8) is 0 Å². The molecular formula is C24H25ClF2N2O5S. The SMILES string of the molecule is CS(=O)(=O)Nc1cc([C@@H](O)CN[C@H](Cc2cccc(Cl)c2)c2ccc(OC(F)F)cc2)ccc1O. The highest BCUT2D eigenvalue weighted by molar-refractivity contribution is 7.92. The second-order valence-corrected chi connectivity index (χ2v) is 10.1. The van der Waals surface area contributed by atoms with Gasteiger partial charge in [0.05, 0.1) is 18.0 Å². The second-order valence-electron chi connectivity index (χ2n) is 7.91. The molecule has 0 unspecified atom stereocenters. The minimum atomic E-state index is -3.63. The zero-order chi connectivity index (χ0) is 25.6. The lowest BCUT2D eigenvalue weighted by molar-refractivity contribution is -0.0498. The third-order valence-electron chi connectivity index (χ3n) is 5.09. The van der Waals surface area contributed by atoms with Gasteiger partial charge in [-0.25, -0.2) is 8.42 Å². The number of nitrogens with one attached hydrogen (secondary N) is 2. The maximum absolute atomic E-state index is 12.5. The molecule has 3 rings (SSSR count). The van der Waals surface area contributed by atoms with E-state index < -0.39 is 22.7 Å². The van der Waals surface area contributed by atoms with E-state index in [0.29, 0.717) is 17.0 Å². The van der Waals surface area contributed by atoms with Crippen molar-refractivity contribution in [1.82, 2.24) is 5.32 Å². The number of aromatic hydroxyl groups is 1. The van der Waals surface area contributed by atoms with Gasteiger partial charge in [-0.2, -0.15) is 8.78 Å². The number of benzene rings is 3. The van der Waals surface area contributed by atoms with Crippen molar-refractivity contribution < 1.29 is 32.1 Å². The number of halogens is 3. The van der Waals surface area contributed by atoms with Gasteiger partial charge in [-0.1, -0.05) is 41.9 Å². The summed E-state index contributed by atoms with van der Waals surface area (Å²) in [5, 5.41) is 24.5. The number of phenols is 1.